The highest BCUT2D eigenvalue weighted by atomic mass is 32.1. The summed E-state index contributed by atoms with van der Waals surface area (Å²) in [4.78, 5) is 12.1. The molecule has 0 aliphatic rings. The molecule has 2 nitrogen and oxygen atoms in total. The molecule has 1 rings (SSSR count). The molecule has 1 heterocycles. The maximum absolute atomic E-state index is 11.3. The molecular formula is C10H15NOS2. The first kappa shape index (κ1) is 11.6. The second-order valence-corrected chi connectivity index (χ2v) is 4.99. The number of thiazole rings is 1. The molecule has 0 fully saturated rings. The summed E-state index contributed by atoms with van der Waals surface area (Å²) in [6.07, 6.45) is 2.26. The van der Waals surface area contributed by atoms with Gasteiger partial charge in [-0.2, -0.15) is 0 Å². The molecule has 0 aliphatic carbocycles. The number of hydrogen-bond donors (Lipinski definition) is 0. The molecule has 0 amide bonds. The zero-order chi connectivity index (χ0) is 10.7. The number of nitrogens with zero attached hydrogens (tertiary/aromatic N) is 1. The van der Waals surface area contributed by atoms with Crippen LogP contribution >= 0.6 is 23.6 Å². The van der Waals surface area contributed by atoms with Crippen molar-refractivity contribution in [2.75, 3.05) is 0 Å². The molecule has 14 heavy (non-hydrogen) atoms. The second kappa shape index (κ2) is 4.84. The number of aromatic nitrogens is 1. The van der Waals surface area contributed by atoms with E-state index in [1.165, 1.54) is 11.3 Å². The summed E-state index contributed by atoms with van der Waals surface area (Å²) in [7, 11) is 0. The van der Waals surface area contributed by atoms with Gasteiger partial charge in [0.1, 0.15) is 0 Å². The van der Waals surface area contributed by atoms with Gasteiger partial charge >= 0.3 is 0 Å². The Labute approximate surface area is 93.6 Å². The summed E-state index contributed by atoms with van der Waals surface area (Å²) in [6.45, 7) is 6.65. The molecule has 4 heteroatoms. The van der Waals surface area contributed by atoms with Crippen LogP contribution in [0.15, 0.2) is 0 Å². The van der Waals surface area contributed by atoms with Crippen LogP contribution in [0.5, 0.6) is 0 Å². The lowest BCUT2D eigenvalue weighted by atomic mass is 10.3. The largest absolute Gasteiger partial charge is 0.327 e. The molecule has 0 aliphatic heterocycles. The number of Topliss-reactive ketones (excluding diaryl/α,β-unsaturated/α-hetero) is 1. The van der Waals surface area contributed by atoms with Crippen LogP contribution < -0.4 is 0 Å². The number of carbonyl (C=O) groups excluding carboxylic acids is 1. The topological polar surface area (TPSA) is 22.0 Å². The van der Waals surface area contributed by atoms with E-state index >= 15 is 0 Å². The van der Waals surface area contributed by atoms with E-state index in [2.05, 4.69) is 11.5 Å². The highest BCUT2D eigenvalue weighted by Crippen LogP contribution is 2.19. The Hall–Kier alpha value is -0.480. The van der Waals surface area contributed by atoms with Gasteiger partial charge in [-0.15, -0.1) is 11.3 Å². The van der Waals surface area contributed by atoms with Gasteiger partial charge in [0, 0.05) is 19.2 Å². The van der Waals surface area contributed by atoms with Crippen LogP contribution in [0.2, 0.25) is 0 Å². The van der Waals surface area contributed by atoms with Crippen LogP contribution in [0.25, 0.3) is 0 Å². The van der Waals surface area contributed by atoms with Crippen molar-refractivity contribution in [3.8, 4) is 0 Å². The van der Waals surface area contributed by atoms with Crippen LogP contribution in [-0.2, 0) is 6.54 Å². The second-order valence-electron chi connectivity index (χ2n) is 3.34. The summed E-state index contributed by atoms with van der Waals surface area (Å²) in [5.41, 5.74) is 1.03. The van der Waals surface area contributed by atoms with Crippen molar-refractivity contribution in [2.45, 2.75) is 40.2 Å². The van der Waals surface area contributed by atoms with Gasteiger partial charge in [-0.3, -0.25) is 4.79 Å². The summed E-state index contributed by atoms with van der Waals surface area (Å²) >= 11 is 6.65. The minimum absolute atomic E-state index is 0.119. The average molecular weight is 229 g/mol. The van der Waals surface area contributed by atoms with E-state index in [1.54, 1.807) is 6.92 Å². The monoisotopic (exact) mass is 229 g/mol. The zero-order valence-electron chi connectivity index (χ0n) is 8.79. The smallest absolute Gasteiger partial charge is 0.171 e. The Bertz CT molecular complexity index is 389. The number of ketones is 1. The predicted octanol–water partition coefficient (Wildman–Crippen LogP) is 3.59. The Balaban J connectivity index is 3.05. The fourth-order valence-corrected chi connectivity index (χ4v) is 2.77. The molecule has 78 valence electrons. The Morgan fingerprint density at radius 1 is 1.57 bits per heavy atom. The lowest BCUT2D eigenvalue weighted by molar-refractivity contribution is 0.102. The van der Waals surface area contributed by atoms with E-state index in [1.807, 2.05) is 6.92 Å². The van der Waals surface area contributed by atoms with Gasteiger partial charge in [-0.1, -0.05) is 13.3 Å². The van der Waals surface area contributed by atoms with Crippen LogP contribution in [0.4, 0.5) is 0 Å². The molecule has 1 aromatic heterocycles. The van der Waals surface area contributed by atoms with E-state index in [0.717, 1.165) is 33.9 Å². The first-order chi connectivity index (χ1) is 6.57. The van der Waals surface area contributed by atoms with Crippen molar-refractivity contribution in [2.24, 2.45) is 0 Å². The van der Waals surface area contributed by atoms with E-state index in [4.69, 9.17) is 12.2 Å². The third kappa shape index (κ3) is 2.30. The highest BCUT2D eigenvalue weighted by molar-refractivity contribution is 7.73. The normalized spacial score (nSPS) is 10.5. The number of unbranched alkanes of at least 4 members (excludes halogenated alkanes) is 1. The van der Waals surface area contributed by atoms with Crippen molar-refractivity contribution >= 4 is 29.3 Å². The van der Waals surface area contributed by atoms with E-state index in [0.29, 0.717) is 0 Å². The maximum Gasteiger partial charge on any atom is 0.171 e. The summed E-state index contributed by atoms with van der Waals surface area (Å²) in [5.74, 6) is 0.119. The molecule has 0 atom stereocenters. The van der Waals surface area contributed by atoms with E-state index in [9.17, 15) is 4.79 Å². The zero-order valence-corrected chi connectivity index (χ0v) is 10.4. The maximum atomic E-state index is 11.3. The Kier molecular flexibility index (Phi) is 4.01. The minimum Gasteiger partial charge on any atom is -0.327 e. The molecule has 0 radical (unpaired) electrons. The van der Waals surface area contributed by atoms with Crippen LogP contribution in [-0.4, -0.2) is 10.4 Å². The van der Waals surface area contributed by atoms with Gasteiger partial charge in [0.25, 0.3) is 0 Å². The minimum atomic E-state index is 0.119. The van der Waals surface area contributed by atoms with Crippen molar-refractivity contribution in [3.63, 3.8) is 0 Å². The average Bonchev–Trinajstić information content (AvgIpc) is 2.40. The molecule has 1 aromatic rings. The SMILES string of the molecule is CCCCn1c(C)c(C(C)=O)sc1=S. The van der Waals surface area contributed by atoms with Gasteiger partial charge < -0.3 is 4.57 Å². The molecule has 0 bridgehead atoms. The quantitative estimate of drug-likeness (QED) is 0.581. The van der Waals surface area contributed by atoms with Crippen molar-refractivity contribution in [1.29, 1.82) is 0 Å². The van der Waals surface area contributed by atoms with Crippen molar-refractivity contribution in [3.05, 3.63) is 14.5 Å². The number of carbonyl (C=O) groups is 1. The van der Waals surface area contributed by atoms with Crippen LogP contribution in [0.1, 0.15) is 42.1 Å². The lowest BCUT2D eigenvalue weighted by Gasteiger charge is -2.04. The molecule has 0 aromatic carbocycles. The summed E-state index contributed by atoms with van der Waals surface area (Å²) < 4.78 is 2.89. The standard InChI is InChI=1S/C10H15NOS2/c1-4-5-6-11-7(2)9(8(3)12)14-10(11)13/h4-6H2,1-3H3. The Morgan fingerprint density at radius 2 is 2.21 bits per heavy atom. The van der Waals surface area contributed by atoms with Crippen molar-refractivity contribution in [1.82, 2.24) is 4.57 Å². The third-order valence-electron chi connectivity index (χ3n) is 2.20. The number of hydrogen-bond acceptors (Lipinski definition) is 3. The summed E-state index contributed by atoms with van der Waals surface area (Å²) in [6, 6.07) is 0. The molecular weight excluding hydrogens is 214 g/mol. The molecule has 0 N–H and O–H groups in total. The van der Waals surface area contributed by atoms with Crippen molar-refractivity contribution < 1.29 is 4.79 Å². The highest BCUT2D eigenvalue weighted by Gasteiger charge is 2.11. The van der Waals surface area contributed by atoms with Crippen LogP contribution in [0.3, 0.4) is 0 Å². The molecule has 0 unspecified atom stereocenters. The molecule has 0 spiro atoms. The lowest BCUT2D eigenvalue weighted by Crippen LogP contribution is -2.02. The van der Waals surface area contributed by atoms with Gasteiger partial charge in [-0.25, -0.2) is 0 Å². The van der Waals surface area contributed by atoms with Gasteiger partial charge in [0.2, 0.25) is 0 Å². The summed E-state index contributed by atoms with van der Waals surface area (Å²) in [5, 5.41) is 0. The first-order valence-corrected chi connectivity index (χ1v) is 6.01. The van der Waals surface area contributed by atoms with Gasteiger partial charge in [0.15, 0.2) is 9.74 Å². The molecule has 0 saturated heterocycles. The van der Waals surface area contributed by atoms with Gasteiger partial charge in [0.05, 0.1) is 4.88 Å². The van der Waals surface area contributed by atoms with Gasteiger partial charge in [-0.05, 0) is 25.6 Å². The number of rotatable bonds is 4. The molecule has 0 saturated carbocycles. The Morgan fingerprint density at radius 3 is 2.64 bits per heavy atom. The fourth-order valence-electron chi connectivity index (χ4n) is 1.38. The predicted molar refractivity (Wildman–Crippen MR) is 62.8 cm³/mol. The van der Waals surface area contributed by atoms with E-state index in [-0.39, 0.29) is 5.78 Å². The first-order valence-electron chi connectivity index (χ1n) is 4.79. The third-order valence-corrected chi connectivity index (χ3v) is 3.85. The van der Waals surface area contributed by atoms with Crippen LogP contribution in [0, 0.1) is 10.9 Å². The fraction of sp³-hybridized carbons (Fsp3) is 0.600. The van der Waals surface area contributed by atoms with E-state index < -0.39 is 0 Å².